The number of carbonyl (C=O) groups excluding carboxylic acids is 1. The molecule has 9 nitrogen and oxygen atoms in total. The maximum atomic E-state index is 14.8. The van der Waals surface area contributed by atoms with E-state index in [0.717, 1.165) is 46.8 Å². The smallest absolute Gasteiger partial charge is 0.321 e. The molecule has 0 spiro atoms. The summed E-state index contributed by atoms with van der Waals surface area (Å²) in [5, 5.41) is 30.2. The quantitative estimate of drug-likeness (QED) is 0.134. The van der Waals surface area contributed by atoms with Crippen LogP contribution in [-0.4, -0.2) is 90.7 Å². The average molecular weight is 653 g/mol. The number of amides is 2. The molecule has 0 unspecified atom stereocenters. The zero-order chi connectivity index (χ0) is 33.7. The molecule has 1 aliphatic heterocycles. The number of likely N-dealkylation sites (N-methyl/N-ethyl adjacent to an activating group) is 2. The predicted octanol–water partition coefficient (Wildman–Crippen LogP) is 4.27. The molecule has 9 heteroatoms. The van der Waals surface area contributed by atoms with Gasteiger partial charge in [-0.1, -0.05) is 84.9 Å². The molecule has 1 aliphatic rings. The molecule has 48 heavy (non-hydrogen) atoms. The van der Waals surface area contributed by atoms with Crippen molar-refractivity contribution in [2.45, 2.75) is 50.2 Å². The molecule has 4 aromatic carbocycles. The Morgan fingerprint density at radius 1 is 0.562 bits per heavy atom. The second-order valence-corrected chi connectivity index (χ2v) is 12.2. The lowest BCUT2D eigenvalue weighted by molar-refractivity contribution is -0.0408. The van der Waals surface area contributed by atoms with E-state index in [-0.39, 0.29) is 19.1 Å². The van der Waals surface area contributed by atoms with E-state index >= 15 is 0 Å². The molecule has 1 fully saturated rings. The van der Waals surface area contributed by atoms with Crippen molar-refractivity contribution in [3.05, 3.63) is 131 Å². The van der Waals surface area contributed by atoms with Gasteiger partial charge in [-0.3, -0.25) is 0 Å². The van der Waals surface area contributed by atoms with Crippen molar-refractivity contribution in [1.29, 1.82) is 0 Å². The summed E-state index contributed by atoms with van der Waals surface area (Å²) in [6.07, 6.45) is -1.70. The molecule has 1 heterocycles. The first kappa shape index (κ1) is 34.9. The number of benzene rings is 4. The minimum atomic E-state index is -1.21. The maximum absolute atomic E-state index is 14.8. The van der Waals surface area contributed by atoms with E-state index in [0.29, 0.717) is 26.1 Å². The van der Waals surface area contributed by atoms with E-state index < -0.39 is 24.3 Å². The zero-order valence-corrected chi connectivity index (χ0v) is 27.9. The number of nitrogens with zero attached hydrogens (tertiary/aromatic N) is 2. The molecule has 5 rings (SSSR count). The Labute approximate surface area is 284 Å². The maximum Gasteiger partial charge on any atom is 0.321 e. The molecule has 4 aromatic rings. The van der Waals surface area contributed by atoms with Gasteiger partial charge in [0.1, 0.15) is 36.9 Å². The number of hydrogen-bond acceptors (Lipinski definition) is 7. The van der Waals surface area contributed by atoms with E-state index in [4.69, 9.17) is 9.47 Å². The highest BCUT2D eigenvalue weighted by Crippen LogP contribution is 2.30. The summed E-state index contributed by atoms with van der Waals surface area (Å²) in [6, 6.07) is 33.5. The van der Waals surface area contributed by atoms with Crippen LogP contribution < -0.4 is 20.1 Å². The highest BCUT2D eigenvalue weighted by atomic mass is 16.5. The summed E-state index contributed by atoms with van der Waals surface area (Å²) in [4.78, 5) is 18.3. The number of nitrogens with one attached hydrogen (secondary N) is 2. The van der Waals surface area contributed by atoms with Gasteiger partial charge in [-0.05, 0) is 73.5 Å². The number of aliphatic hydroxyl groups is 2. The highest BCUT2D eigenvalue weighted by molar-refractivity contribution is 5.76. The number of ether oxygens (including phenoxy) is 2. The van der Waals surface area contributed by atoms with Crippen LogP contribution in [0.25, 0.3) is 0 Å². The summed E-state index contributed by atoms with van der Waals surface area (Å²) >= 11 is 0. The Balaban J connectivity index is 1.48. The van der Waals surface area contributed by atoms with Gasteiger partial charge in [0.15, 0.2) is 0 Å². The normalized spacial score (nSPS) is 19.6. The lowest BCUT2D eigenvalue weighted by Gasteiger charge is -2.36. The lowest BCUT2D eigenvalue weighted by Crippen LogP contribution is -2.50. The molecule has 4 atom stereocenters. The summed E-state index contributed by atoms with van der Waals surface area (Å²) in [5.41, 5.74) is 3.75. The van der Waals surface area contributed by atoms with Crippen molar-refractivity contribution >= 4 is 6.03 Å². The lowest BCUT2D eigenvalue weighted by atomic mass is 9.90. The number of aliphatic hydroxyl groups excluding tert-OH is 2. The van der Waals surface area contributed by atoms with Gasteiger partial charge in [0.2, 0.25) is 0 Å². The van der Waals surface area contributed by atoms with Crippen molar-refractivity contribution < 1.29 is 24.5 Å². The van der Waals surface area contributed by atoms with Crippen molar-refractivity contribution in [2.24, 2.45) is 0 Å². The fourth-order valence-corrected chi connectivity index (χ4v) is 6.13. The molecule has 254 valence electrons. The van der Waals surface area contributed by atoms with Crippen molar-refractivity contribution in [2.75, 3.05) is 40.4 Å². The molecule has 2 amide bonds. The zero-order valence-electron chi connectivity index (χ0n) is 27.9. The first-order chi connectivity index (χ1) is 23.5. The van der Waals surface area contributed by atoms with Crippen LogP contribution in [0.3, 0.4) is 0 Å². The Morgan fingerprint density at radius 3 is 1.29 bits per heavy atom. The Bertz CT molecular complexity index is 1410. The third kappa shape index (κ3) is 9.35. The van der Waals surface area contributed by atoms with Crippen molar-refractivity contribution in [3.8, 4) is 11.5 Å². The second kappa shape index (κ2) is 17.7. The molecule has 0 bridgehead atoms. The van der Waals surface area contributed by atoms with Gasteiger partial charge < -0.3 is 40.1 Å². The SMILES string of the molecule is CNCCOc1ccc(C[C@@H]2[C@H](O)[C@@H](O)[C@@H](Cc3ccc(OCCNC)cc3)N(Cc3ccccc3)C(=O)N2Cc2ccccc2)cc1. The van der Waals surface area contributed by atoms with Crippen LogP contribution in [0.1, 0.15) is 22.3 Å². The van der Waals surface area contributed by atoms with Gasteiger partial charge in [-0.15, -0.1) is 0 Å². The van der Waals surface area contributed by atoms with Crippen LogP contribution in [0, 0.1) is 0 Å². The van der Waals surface area contributed by atoms with E-state index in [2.05, 4.69) is 10.6 Å². The van der Waals surface area contributed by atoms with Gasteiger partial charge in [0, 0.05) is 26.2 Å². The largest absolute Gasteiger partial charge is 0.492 e. The van der Waals surface area contributed by atoms with E-state index in [1.54, 1.807) is 9.80 Å². The minimum absolute atomic E-state index is 0.229. The van der Waals surface area contributed by atoms with Crippen LogP contribution in [0.15, 0.2) is 109 Å². The van der Waals surface area contributed by atoms with Crippen LogP contribution in [0.5, 0.6) is 11.5 Å². The van der Waals surface area contributed by atoms with Crippen molar-refractivity contribution in [3.63, 3.8) is 0 Å². The third-order valence-corrected chi connectivity index (χ3v) is 8.80. The molecule has 0 aliphatic carbocycles. The third-order valence-electron chi connectivity index (χ3n) is 8.80. The summed E-state index contributed by atoms with van der Waals surface area (Å²) in [6.45, 7) is 3.15. The number of urea groups is 1. The summed E-state index contributed by atoms with van der Waals surface area (Å²) in [5.74, 6) is 1.50. The number of hydrogen-bond donors (Lipinski definition) is 4. The van der Waals surface area contributed by atoms with Gasteiger partial charge in [0.05, 0.1) is 12.1 Å². The van der Waals surface area contributed by atoms with E-state index in [1.807, 2.05) is 123 Å². The molecular weight excluding hydrogens is 604 g/mol. The first-order valence-electron chi connectivity index (χ1n) is 16.7. The summed E-state index contributed by atoms with van der Waals surface area (Å²) < 4.78 is 11.6. The molecular formula is C39H48N4O5. The average Bonchev–Trinajstić information content (AvgIpc) is 3.18. The van der Waals surface area contributed by atoms with Gasteiger partial charge >= 0.3 is 6.03 Å². The Morgan fingerprint density at radius 2 is 0.938 bits per heavy atom. The second-order valence-electron chi connectivity index (χ2n) is 12.2. The van der Waals surface area contributed by atoms with Crippen LogP contribution in [-0.2, 0) is 25.9 Å². The minimum Gasteiger partial charge on any atom is -0.492 e. The highest BCUT2D eigenvalue weighted by Gasteiger charge is 2.46. The topological polar surface area (TPSA) is 107 Å². The fourth-order valence-electron chi connectivity index (χ4n) is 6.13. The molecule has 4 N–H and O–H groups in total. The molecule has 0 aromatic heterocycles. The van der Waals surface area contributed by atoms with E-state index in [1.165, 1.54) is 0 Å². The fraction of sp³-hybridized carbons (Fsp3) is 0.359. The van der Waals surface area contributed by atoms with Crippen LogP contribution in [0.4, 0.5) is 4.79 Å². The van der Waals surface area contributed by atoms with Gasteiger partial charge in [0.25, 0.3) is 0 Å². The first-order valence-corrected chi connectivity index (χ1v) is 16.7. The molecule has 1 saturated heterocycles. The number of rotatable bonds is 16. The van der Waals surface area contributed by atoms with Crippen LogP contribution in [0.2, 0.25) is 0 Å². The van der Waals surface area contributed by atoms with Crippen molar-refractivity contribution in [1.82, 2.24) is 20.4 Å². The standard InChI is InChI=1S/C39H48N4O5/c1-40-21-23-47-33-17-13-29(14-18-33)25-35-37(44)38(45)36(26-30-15-19-34(20-16-30)48-24-22-41-2)43(28-32-11-7-4-8-12-32)39(46)42(35)27-31-9-5-3-6-10-31/h3-20,35-38,40-41,44-45H,21-28H2,1-2H3/t35-,36-,37+,38+/m1/s1. The summed E-state index contributed by atoms with van der Waals surface area (Å²) in [7, 11) is 3.76. The van der Waals surface area contributed by atoms with Crippen LogP contribution >= 0.6 is 0 Å². The number of carbonyl (C=O) groups is 1. The monoisotopic (exact) mass is 652 g/mol. The Hall–Kier alpha value is -4.41. The Kier molecular flexibility index (Phi) is 12.8. The molecule has 0 radical (unpaired) electrons. The van der Waals surface area contributed by atoms with Gasteiger partial charge in [-0.2, -0.15) is 0 Å². The van der Waals surface area contributed by atoms with E-state index in [9.17, 15) is 15.0 Å². The molecule has 0 saturated carbocycles. The van der Waals surface area contributed by atoms with Gasteiger partial charge in [-0.25, -0.2) is 4.79 Å². The predicted molar refractivity (Wildman–Crippen MR) is 188 cm³/mol.